The Hall–Kier alpha value is 1.17. The number of halogens is 3. The Kier molecular flexibility index (Phi) is 6.76. The molecule has 0 bridgehead atoms. The van der Waals surface area contributed by atoms with Crippen molar-refractivity contribution >= 4 is 67.8 Å². The molecule has 0 heterocycles. The molecule has 0 radical (unpaired) electrons. The molecule has 17 heavy (non-hydrogen) atoms. The summed E-state index contributed by atoms with van der Waals surface area (Å²) in [4.78, 5) is 0. The van der Waals surface area contributed by atoms with E-state index in [0.29, 0.717) is 6.61 Å². The van der Waals surface area contributed by atoms with E-state index < -0.39 is 0 Å². The van der Waals surface area contributed by atoms with Gasteiger partial charge in [0.2, 0.25) is 0 Å². The zero-order chi connectivity index (χ0) is 13.1. The third-order valence-corrected chi connectivity index (χ3v) is 4.19. The highest BCUT2D eigenvalue weighted by atomic mass is 127. The van der Waals surface area contributed by atoms with Gasteiger partial charge in [0, 0.05) is 15.7 Å². The van der Waals surface area contributed by atoms with Gasteiger partial charge in [0.15, 0.2) is 0 Å². The van der Waals surface area contributed by atoms with E-state index in [0.717, 1.165) is 12.3 Å². The minimum Gasteiger partial charge on any atom is -0.490 e. The number of rotatable bonds is 4. The quantitative estimate of drug-likeness (QED) is 0.431. The molecule has 1 aromatic rings. The van der Waals surface area contributed by atoms with E-state index in [-0.39, 0.29) is 5.54 Å². The molecular formula is C12H16I3NO. The lowest BCUT2D eigenvalue weighted by Gasteiger charge is -2.20. The Labute approximate surface area is 144 Å². The second kappa shape index (κ2) is 7.09. The largest absolute Gasteiger partial charge is 0.490 e. The standard InChI is InChI=1S/C12H16I3NO/c1-12(2,3)16-4-5-17-11-9(14)6-8(13)7-10(11)15/h6-7,16H,4-5H2,1-3H3. The molecule has 0 aliphatic heterocycles. The normalized spacial score (nSPS) is 11.6. The van der Waals surface area contributed by atoms with Crippen LogP contribution in [0.4, 0.5) is 0 Å². The summed E-state index contributed by atoms with van der Waals surface area (Å²) in [6.07, 6.45) is 0. The van der Waals surface area contributed by atoms with E-state index >= 15 is 0 Å². The molecule has 0 saturated carbocycles. The summed E-state index contributed by atoms with van der Waals surface area (Å²) in [5.41, 5.74) is 0.149. The number of hydrogen-bond acceptors (Lipinski definition) is 2. The lowest BCUT2D eigenvalue weighted by Crippen LogP contribution is -2.38. The van der Waals surface area contributed by atoms with Crippen LogP contribution in [0.2, 0.25) is 0 Å². The van der Waals surface area contributed by atoms with Crippen LogP contribution in [0.3, 0.4) is 0 Å². The molecular weight excluding hydrogens is 555 g/mol. The van der Waals surface area contributed by atoms with Crippen molar-refractivity contribution in [1.29, 1.82) is 0 Å². The summed E-state index contributed by atoms with van der Waals surface area (Å²) < 4.78 is 9.44. The summed E-state index contributed by atoms with van der Waals surface area (Å²) in [7, 11) is 0. The van der Waals surface area contributed by atoms with Crippen LogP contribution in [-0.4, -0.2) is 18.7 Å². The molecule has 0 atom stereocenters. The van der Waals surface area contributed by atoms with Crippen molar-refractivity contribution in [2.24, 2.45) is 0 Å². The maximum Gasteiger partial charge on any atom is 0.146 e. The summed E-state index contributed by atoms with van der Waals surface area (Å²) >= 11 is 6.97. The second-order valence-electron chi connectivity index (χ2n) is 4.72. The van der Waals surface area contributed by atoms with Crippen molar-refractivity contribution in [3.63, 3.8) is 0 Å². The van der Waals surface area contributed by atoms with E-state index in [2.05, 4.69) is 106 Å². The highest BCUT2D eigenvalue weighted by Gasteiger charge is 2.10. The van der Waals surface area contributed by atoms with Crippen molar-refractivity contribution in [3.05, 3.63) is 22.8 Å². The predicted octanol–water partition coefficient (Wildman–Crippen LogP) is 4.27. The van der Waals surface area contributed by atoms with Crippen LogP contribution >= 0.6 is 67.8 Å². The van der Waals surface area contributed by atoms with Gasteiger partial charge in [-0.1, -0.05) is 0 Å². The van der Waals surface area contributed by atoms with Gasteiger partial charge in [-0.3, -0.25) is 0 Å². The molecule has 1 aromatic carbocycles. The van der Waals surface area contributed by atoms with E-state index in [1.165, 1.54) is 10.7 Å². The molecule has 0 aromatic heterocycles. The predicted molar refractivity (Wildman–Crippen MR) is 97.8 cm³/mol. The zero-order valence-electron chi connectivity index (χ0n) is 10.1. The van der Waals surface area contributed by atoms with Gasteiger partial charge >= 0.3 is 0 Å². The van der Waals surface area contributed by atoms with Crippen LogP contribution in [0.1, 0.15) is 20.8 Å². The van der Waals surface area contributed by atoms with Gasteiger partial charge < -0.3 is 10.1 Å². The average molecular weight is 571 g/mol. The fourth-order valence-corrected chi connectivity index (χ4v) is 5.14. The minimum absolute atomic E-state index is 0.149. The second-order valence-corrected chi connectivity index (χ2v) is 8.29. The Morgan fingerprint density at radius 3 is 2.12 bits per heavy atom. The molecule has 0 fully saturated rings. The molecule has 0 spiro atoms. The lowest BCUT2D eigenvalue weighted by atomic mass is 10.1. The van der Waals surface area contributed by atoms with Crippen LogP contribution in [0.25, 0.3) is 0 Å². The van der Waals surface area contributed by atoms with Crippen molar-refractivity contribution < 1.29 is 4.74 Å². The molecule has 0 saturated heterocycles. The Morgan fingerprint density at radius 1 is 1.12 bits per heavy atom. The monoisotopic (exact) mass is 571 g/mol. The van der Waals surface area contributed by atoms with Gasteiger partial charge in [0.1, 0.15) is 12.4 Å². The Morgan fingerprint density at radius 2 is 1.65 bits per heavy atom. The first-order chi connectivity index (χ1) is 7.79. The maximum atomic E-state index is 5.84. The first kappa shape index (κ1) is 16.2. The van der Waals surface area contributed by atoms with Crippen LogP contribution in [0, 0.1) is 10.7 Å². The van der Waals surface area contributed by atoms with Gasteiger partial charge in [-0.15, -0.1) is 0 Å². The van der Waals surface area contributed by atoms with Gasteiger partial charge in [0.25, 0.3) is 0 Å². The first-order valence-corrected chi connectivity index (χ1v) is 8.55. The van der Waals surface area contributed by atoms with E-state index in [1.807, 2.05) is 0 Å². The van der Waals surface area contributed by atoms with Gasteiger partial charge in [0.05, 0.1) is 7.14 Å². The molecule has 5 heteroatoms. The molecule has 1 rings (SSSR count). The van der Waals surface area contributed by atoms with E-state index in [4.69, 9.17) is 4.74 Å². The van der Waals surface area contributed by atoms with Crippen molar-refractivity contribution in [3.8, 4) is 5.75 Å². The SMILES string of the molecule is CC(C)(C)NCCOc1c(I)cc(I)cc1I. The van der Waals surface area contributed by atoms with Crippen molar-refractivity contribution in [2.75, 3.05) is 13.2 Å². The Balaban J connectivity index is 2.53. The van der Waals surface area contributed by atoms with Crippen molar-refractivity contribution in [1.82, 2.24) is 5.32 Å². The fraction of sp³-hybridized carbons (Fsp3) is 0.500. The summed E-state index contributed by atoms with van der Waals surface area (Å²) in [5.74, 6) is 1.00. The molecule has 2 nitrogen and oxygen atoms in total. The van der Waals surface area contributed by atoms with E-state index in [1.54, 1.807) is 0 Å². The minimum atomic E-state index is 0.149. The lowest BCUT2D eigenvalue weighted by molar-refractivity contribution is 0.287. The summed E-state index contributed by atoms with van der Waals surface area (Å²) in [6, 6.07) is 4.27. The third kappa shape index (κ3) is 6.24. The molecule has 1 N–H and O–H groups in total. The molecule has 96 valence electrons. The van der Waals surface area contributed by atoms with Gasteiger partial charge in [-0.2, -0.15) is 0 Å². The fourth-order valence-electron chi connectivity index (χ4n) is 1.25. The molecule has 0 amide bonds. The van der Waals surface area contributed by atoms with Gasteiger partial charge in [-0.25, -0.2) is 0 Å². The van der Waals surface area contributed by atoms with Crippen LogP contribution in [-0.2, 0) is 0 Å². The number of hydrogen-bond donors (Lipinski definition) is 1. The maximum absolute atomic E-state index is 5.84. The highest BCUT2D eigenvalue weighted by molar-refractivity contribution is 14.1. The first-order valence-electron chi connectivity index (χ1n) is 5.32. The zero-order valence-corrected chi connectivity index (χ0v) is 16.6. The summed E-state index contributed by atoms with van der Waals surface area (Å²) in [5, 5.41) is 3.41. The number of benzene rings is 1. The van der Waals surface area contributed by atoms with Crippen molar-refractivity contribution in [2.45, 2.75) is 26.3 Å². The van der Waals surface area contributed by atoms with Crippen LogP contribution in [0.5, 0.6) is 5.75 Å². The number of nitrogens with one attached hydrogen (secondary N) is 1. The van der Waals surface area contributed by atoms with Crippen LogP contribution in [0.15, 0.2) is 12.1 Å². The highest BCUT2D eigenvalue weighted by Crippen LogP contribution is 2.29. The molecule has 0 aliphatic rings. The average Bonchev–Trinajstić information content (AvgIpc) is 2.13. The summed E-state index contributed by atoms with van der Waals surface area (Å²) in [6.45, 7) is 8.04. The smallest absolute Gasteiger partial charge is 0.146 e. The third-order valence-electron chi connectivity index (χ3n) is 1.97. The van der Waals surface area contributed by atoms with Crippen LogP contribution < -0.4 is 10.1 Å². The topological polar surface area (TPSA) is 21.3 Å². The number of ether oxygens (including phenoxy) is 1. The van der Waals surface area contributed by atoms with Gasteiger partial charge in [-0.05, 0) is 101 Å². The molecule has 0 aliphatic carbocycles. The Bertz CT molecular complexity index is 365. The van der Waals surface area contributed by atoms with E-state index in [9.17, 15) is 0 Å². The molecule has 0 unspecified atom stereocenters.